The van der Waals surface area contributed by atoms with Gasteiger partial charge in [-0.1, -0.05) is 25.9 Å². The first kappa shape index (κ1) is 25.9. The summed E-state index contributed by atoms with van der Waals surface area (Å²) in [5.74, 6) is 1.51. The molecule has 34 heavy (non-hydrogen) atoms. The summed E-state index contributed by atoms with van der Waals surface area (Å²) < 4.78 is 34.6. The van der Waals surface area contributed by atoms with Crippen molar-refractivity contribution in [2.24, 2.45) is 0 Å². The predicted octanol–water partition coefficient (Wildman–Crippen LogP) is 3.67. The van der Waals surface area contributed by atoms with Crippen LogP contribution < -0.4 is 0 Å². The summed E-state index contributed by atoms with van der Waals surface area (Å²) in [5.41, 5.74) is 3.23. The predicted molar refractivity (Wildman–Crippen MR) is 131 cm³/mol. The van der Waals surface area contributed by atoms with E-state index in [1.165, 1.54) is 4.31 Å². The Morgan fingerprint density at radius 3 is 2.44 bits per heavy atom. The van der Waals surface area contributed by atoms with Crippen molar-refractivity contribution in [3.63, 3.8) is 0 Å². The normalized spacial score (nSPS) is 12.1. The second kappa shape index (κ2) is 10.7. The summed E-state index contributed by atoms with van der Waals surface area (Å²) in [6, 6.07) is 5.11. The van der Waals surface area contributed by atoms with E-state index in [1.807, 2.05) is 33.8 Å². The summed E-state index contributed by atoms with van der Waals surface area (Å²) in [5, 5.41) is 3.95. The summed E-state index contributed by atoms with van der Waals surface area (Å²) >= 11 is 0. The number of nitrogens with zero attached hydrogens (tertiary/aromatic N) is 5. The third-order valence-corrected chi connectivity index (χ3v) is 8.20. The SMILES string of the molecule is CCCn1c(CCC(=O)N(C)Cc2c(C)noc2C)nc2cc(S(=O)(=O)N(CC)CC)ccc21. The Bertz CT molecular complexity index is 1240. The van der Waals surface area contributed by atoms with Crippen LogP contribution >= 0.6 is 0 Å². The lowest BCUT2D eigenvalue weighted by atomic mass is 10.2. The van der Waals surface area contributed by atoms with Crippen LogP contribution in [0.1, 0.15) is 56.5 Å². The first-order chi connectivity index (χ1) is 16.1. The zero-order valence-electron chi connectivity index (χ0n) is 21.0. The van der Waals surface area contributed by atoms with E-state index >= 15 is 0 Å². The molecule has 10 heteroatoms. The lowest BCUT2D eigenvalue weighted by Crippen LogP contribution is -2.30. The van der Waals surface area contributed by atoms with Gasteiger partial charge in [-0.15, -0.1) is 0 Å². The van der Waals surface area contributed by atoms with Crippen LogP contribution in [0.25, 0.3) is 11.0 Å². The molecule has 0 bridgehead atoms. The number of sulfonamides is 1. The topological polar surface area (TPSA) is 102 Å². The molecule has 1 amide bonds. The molecule has 0 fully saturated rings. The fraction of sp³-hybridized carbons (Fsp3) is 0.542. The summed E-state index contributed by atoms with van der Waals surface area (Å²) in [7, 11) is -1.80. The number of imidazole rings is 1. The van der Waals surface area contributed by atoms with Crippen molar-refractivity contribution in [3.8, 4) is 0 Å². The van der Waals surface area contributed by atoms with Crippen LogP contribution in [0.3, 0.4) is 0 Å². The van der Waals surface area contributed by atoms with Crippen molar-refractivity contribution < 1.29 is 17.7 Å². The maximum absolute atomic E-state index is 13.0. The molecular formula is C24H35N5O4S. The number of hydrogen-bond donors (Lipinski definition) is 0. The van der Waals surface area contributed by atoms with E-state index in [1.54, 1.807) is 24.1 Å². The molecule has 2 aromatic heterocycles. The monoisotopic (exact) mass is 489 g/mol. The second-order valence-corrected chi connectivity index (χ2v) is 10.4. The van der Waals surface area contributed by atoms with Crippen LogP contribution in [-0.2, 0) is 34.3 Å². The van der Waals surface area contributed by atoms with Crippen molar-refractivity contribution in [1.82, 2.24) is 23.9 Å². The quantitative estimate of drug-likeness (QED) is 0.407. The van der Waals surface area contributed by atoms with Crippen molar-refractivity contribution >= 4 is 27.0 Å². The number of carbonyl (C=O) groups is 1. The minimum Gasteiger partial charge on any atom is -0.361 e. The highest BCUT2D eigenvalue weighted by molar-refractivity contribution is 7.89. The molecule has 0 saturated heterocycles. The first-order valence-electron chi connectivity index (χ1n) is 11.8. The number of carbonyl (C=O) groups excluding carboxylic acids is 1. The largest absolute Gasteiger partial charge is 0.361 e. The lowest BCUT2D eigenvalue weighted by Gasteiger charge is -2.18. The van der Waals surface area contributed by atoms with E-state index in [2.05, 4.69) is 16.6 Å². The molecule has 0 radical (unpaired) electrons. The number of amides is 1. The molecule has 0 saturated carbocycles. The van der Waals surface area contributed by atoms with Gasteiger partial charge >= 0.3 is 0 Å². The lowest BCUT2D eigenvalue weighted by molar-refractivity contribution is -0.130. The van der Waals surface area contributed by atoms with E-state index in [0.29, 0.717) is 38.0 Å². The highest BCUT2D eigenvalue weighted by Crippen LogP contribution is 2.24. The fourth-order valence-corrected chi connectivity index (χ4v) is 5.64. The minimum atomic E-state index is -3.57. The Morgan fingerprint density at radius 1 is 1.15 bits per heavy atom. The van der Waals surface area contributed by atoms with Crippen LogP contribution in [0.5, 0.6) is 0 Å². The van der Waals surface area contributed by atoms with Gasteiger partial charge in [0, 0.05) is 45.1 Å². The van der Waals surface area contributed by atoms with Gasteiger partial charge in [0.05, 0.1) is 28.2 Å². The van der Waals surface area contributed by atoms with E-state index in [4.69, 9.17) is 9.51 Å². The molecule has 2 heterocycles. The van der Waals surface area contributed by atoms with Crippen molar-refractivity contribution in [2.45, 2.75) is 71.9 Å². The van der Waals surface area contributed by atoms with Gasteiger partial charge in [0.2, 0.25) is 15.9 Å². The third kappa shape index (κ3) is 5.17. The average Bonchev–Trinajstić information content (AvgIpc) is 3.32. The molecule has 9 nitrogen and oxygen atoms in total. The fourth-order valence-electron chi connectivity index (χ4n) is 4.16. The summed E-state index contributed by atoms with van der Waals surface area (Å²) in [6.45, 7) is 11.5. The Balaban J connectivity index is 1.82. The van der Waals surface area contributed by atoms with Gasteiger partial charge in [-0.05, 0) is 38.5 Å². The highest BCUT2D eigenvalue weighted by Gasteiger charge is 2.23. The Hall–Kier alpha value is -2.72. The molecule has 0 aliphatic heterocycles. The van der Waals surface area contributed by atoms with Crippen LogP contribution in [0.2, 0.25) is 0 Å². The molecule has 0 spiro atoms. The molecule has 3 aromatic rings. The molecular weight excluding hydrogens is 454 g/mol. The number of aromatic nitrogens is 3. The molecule has 0 N–H and O–H groups in total. The van der Waals surface area contributed by atoms with Gasteiger partial charge in [-0.25, -0.2) is 13.4 Å². The molecule has 3 rings (SSSR count). The standard InChI is InChI=1S/C24H35N5O4S/c1-7-14-29-22-11-10-19(34(31,32)28(8-2)9-3)15-21(22)25-23(29)12-13-24(30)27(6)16-20-17(4)26-33-18(20)5/h10-11,15H,7-9,12-14,16H2,1-6H3. The van der Waals surface area contributed by atoms with Gasteiger partial charge in [-0.2, -0.15) is 4.31 Å². The van der Waals surface area contributed by atoms with E-state index < -0.39 is 10.0 Å². The van der Waals surface area contributed by atoms with Gasteiger partial charge in [-0.3, -0.25) is 4.79 Å². The molecule has 0 atom stereocenters. The average molecular weight is 490 g/mol. The van der Waals surface area contributed by atoms with Gasteiger partial charge < -0.3 is 14.0 Å². The molecule has 186 valence electrons. The number of fused-ring (bicyclic) bond motifs is 1. The van der Waals surface area contributed by atoms with Crippen molar-refractivity contribution in [3.05, 3.63) is 41.0 Å². The van der Waals surface area contributed by atoms with Gasteiger partial charge in [0.25, 0.3) is 0 Å². The Labute approximate surface area is 201 Å². The zero-order chi connectivity index (χ0) is 25.0. The number of rotatable bonds is 11. The van der Waals surface area contributed by atoms with Crippen LogP contribution in [0.15, 0.2) is 27.6 Å². The van der Waals surface area contributed by atoms with E-state index in [0.717, 1.165) is 41.3 Å². The van der Waals surface area contributed by atoms with Crippen LogP contribution in [0.4, 0.5) is 0 Å². The number of benzene rings is 1. The third-order valence-electron chi connectivity index (χ3n) is 6.15. The second-order valence-electron chi connectivity index (χ2n) is 8.47. The van der Waals surface area contributed by atoms with Gasteiger partial charge in [0.15, 0.2) is 0 Å². The minimum absolute atomic E-state index is 0.0000881. The molecule has 0 unspecified atom stereocenters. The molecule has 1 aromatic carbocycles. The highest BCUT2D eigenvalue weighted by atomic mass is 32.2. The number of hydrogen-bond acceptors (Lipinski definition) is 6. The first-order valence-corrected chi connectivity index (χ1v) is 13.2. The van der Waals surface area contributed by atoms with Crippen LogP contribution in [0, 0.1) is 13.8 Å². The zero-order valence-corrected chi connectivity index (χ0v) is 21.8. The van der Waals surface area contributed by atoms with E-state index in [9.17, 15) is 13.2 Å². The molecule has 0 aliphatic carbocycles. The summed E-state index contributed by atoms with van der Waals surface area (Å²) in [4.78, 5) is 19.5. The molecule has 0 aliphatic rings. The Kier molecular flexibility index (Phi) is 8.14. The van der Waals surface area contributed by atoms with Crippen molar-refractivity contribution in [2.75, 3.05) is 20.1 Å². The maximum atomic E-state index is 13.0. The summed E-state index contributed by atoms with van der Waals surface area (Å²) in [6.07, 6.45) is 1.67. The number of aryl methyl sites for hydroxylation is 4. The van der Waals surface area contributed by atoms with E-state index in [-0.39, 0.29) is 10.8 Å². The van der Waals surface area contributed by atoms with Crippen molar-refractivity contribution in [1.29, 1.82) is 0 Å². The maximum Gasteiger partial charge on any atom is 0.243 e. The van der Waals surface area contributed by atoms with Gasteiger partial charge in [0.1, 0.15) is 11.6 Å². The smallest absolute Gasteiger partial charge is 0.243 e. The van der Waals surface area contributed by atoms with Crippen LogP contribution in [-0.4, -0.2) is 58.4 Å². The Morgan fingerprint density at radius 2 is 1.85 bits per heavy atom.